The molecular formula is C10H12N2O2. The van der Waals surface area contributed by atoms with Gasteiger partial charge in [-0.25, -0.2) is 10.4 Å². The van der Waals surface area contributed by atoms with Gasteiger partial charge < -0.3 is 5.11 Å². The summed E-state index contributed by atoms with van der Waals surface area (Å²) in [4.78, 5) is 11.5. The summed E-state index contributed by atoms with van der Waals surface area (Å²) >= 11 is 0. The van der Waals surface area contributed by atoms with Gasteiger partial charge in [-0.05, 0) is 30.7 Å². The third-order valence-corrected chi connectivity index (χ3v) is 2.19. The second kappa shape index (κ2) is 3.67. The molecule has 1 heterocycles. The third kappa shape index (κ3) is 1.70. The average molecular weight is 192 g/mol. The largest absolute Gasteiger partial charge is 0.508 e. The van der Waals surface area contributed by atoms with Crippen LogP contribution in [0.3, 0.4) is 0 Å². The molecule has 0 spiro atoms. The highest BCUT2D eigenvalue weighted by Crippen LogP contribution is 2.19. The van der Waals surface area contributed by atoms with E-state index in [1.54, 1.807) is 24.3 Å². The maximum Gasteiger partial charge on any atom is 0.241 e. The molecule has 4 heteroatoms. The number of carbonyl (C=O) groups excluding carboxylic acids is 1. The Kier molecular flexibility index (Phi) is 2.37. The zero-order chi connectivity index (χ0) is 9.97. The van der Waals surface area contributed by atoms with Crippen molar-refractivity contribution in [3.63, 3.8) is 0 Å². The minimum absolute atomic E-state index is 0.0712. The molecule has 0 aliphatic carbocycles. The van der Waals surface area contributed by atoms with E-state index in [1.807, 2.05) is 0 Å². The van der Waals surface area contributed by atoms with Gasteiger partial charge >= 0.3 is 0 Å². The molecule has 1 aromatic rings. The van der Waals surface area contributed by atoms with Gasteiger partial charge in [0.2, 0.25) is 5.91 Å². The average Bonchev–Trinajstić information content (AvgIpc) is 2.20. The van der Waals surface area contributed by atoms with Gasteiger partial charge in [0.1, 0.15) is 5.75 Å². The Bertz CT molecular complexity index is 334. The number of hydrogen-bond acceptors (Lipinski definition) is 3. The molecule has 1 amide bonds. The number of phenols is 1. The topological polar surface area (TPSA) is 52.6 Å². The van der Waals surface area contributed by atoms with E-state index in [2.05, 4.69) is 5.43 Å². The molecule has 14 heavy (non-hydrogen) atoms. The summed E-state index contributed by atoms with van der Waals surface area (Å²) in [5.74, 6) is 0.278. The number of nitrogens with zero attached hydrogens (tertiary/aromatic N) is 1. The first-order valence-electron chi connectivity index (χ1n) is 4.63. The van der Waals surface area contributed by atoms with Gasteiger partial charge in [-0.15, -0.1) is 0 Å². The SMILES string of the molecule is O=C1CCCNN1c1ccc(O)cc1. The van der Waals surface area contributed by atoms with E-state index in [-0.39, 0.29) is 11.7 Å². The molecule has 1 saturated heterocycles. The van der Waals surface area contributed by atoms with Gasteiger partial charge in [0.05, 0.1) is 5.69 Å². The van der Waals surface area contributed by atoms with Crippen LogP contribution in [0.1, 0.15) is 12.8 Å². The van der Waals surface area contributed by atoms with Crippen LogP contribution >= 0.6 is 0 Å². The van der Waals surface area contributed by atoms with Crippen LogP contribution in [0.15, 0.2) is 24.3 Å². The van der Waals surface area contributed by atoms with Crippen LogP contribution in [0.2, 0.25) is 0 Å². The zero-order valence-electron chi connectivity index (χ0n) is 7.73. The van der Waals surface area contributed by atoms with Crippen LogP contribution in [0.25, 0.3) is 0 Å². The van der Waals surface area contributed by atoms with Crippen molar-refractivity contribution in [3.8, 4) is 5.75 Å². The fourth-order valence-electron chi connectivity index (χ4n) is 1.47. The first-order valence-corrected chi connectivity index (χ1v) is 4.63. The van der Waals surface area contributed by atoms with E-state index in [0.717, 1.165) is 18.7 Å². The number of carbonyl (C=O) groups is 1. The summed E-state index contributed by atoms with van der Waals surface area (Å²) in [5.41, 5.74) is 3.78. The Labute approximate surface area is 82.1 Å². The number of hydrazine groups is 1. The molecule has 1 aromatic carbocycles. The molecule has 0 atom stereocenters. The molecule has 0 saturated carbocycles. The minimum atomic E-state index is 0.0712. The molecular weight excluding hydrogens is 180 g/mol. The van der Waals surface area contributed by atoms with Crippen LogP contribution in [-0.4, -0.2) is 17.6 Å². The maximum absolute atomic E-state index is 11.5. The second-order valence-electron chi connectivity index (χ2n) is 3.26. The van der Waals surface area contributed by atoms with Gasteiger partial charge in [-0.2, -0.15) is 0 Å². The number of anilines is 1. The summed E-state index contributed by atoms with van der Waals surface area (Å²) in [7, 11) is 0. The summed E-state index contributed by atoms with van der Waals surface area (Å²) in [6.45, 7) is 0.812. The molecule has 2 N–H and O–H groups in total. The Morgan fingerprint density at radius 3 is 2.64 bits per heavy atom. The van der Waals surface area contributed by atoms with Crippen molar-refractivity contribution in [2.75, 3.05) is 11.6 Å². The zero-order valence-corrected chi connectivity index (χ0v) is 7.73. The van der Waals surface area contributed by atoms with Crippen LogP contribution in [0.5, 0.6) is 5.75 Å². The lowest BCUT2D eigenvalue weighted by Gasteiger charge is -2.27. The predicted molar refractivity (Wildman–Crippen MR) is 52.8 cm³/mol. The summed E-state index contributed by atoms with van der Waals surface area (Å²) < 4.78 is 0. The van der Waals surface area contributed by atoms with Gasteiger partial charge in [0.15, 0.2) is 0 Å². The lowest BCUT2D eigenvalue weighted by Crippen LogP contribution is -2.47. The van der Waals surface area contributed by atoms with Gasteiger partial charge in [-0.1, -0.05) is 0 Å². The van der Waals surface area contributed by atoms with E-state index in [1.165, 1.54) is 5.01 Å². The molecule has 1 fully saturated rings. The normalized spacial score (nSPS) is 17.1. The highest BCUT2D eigenvalue weighted by atomic mass is 16.3. The van der Waals surface area contributed by atoms with E-state index in [9.17, 15) is 4.79 Å². The quantitative estimate of drug-likeness (QED) is 0.698. The number of hydrogen-bond donors (Lipinski definition) is 2. The number of aromatic hydroxyl groups is 1. The van der Waals surface area contributed by atoms with Crippen molar-refractivity contribution in [1.29, 1.82) is 0 Å². The molecule has 0 aromatic heterocycles. The Morgan fingerprint density at radius 1 is 1.29 bits per heavy atom. The molecule has 2 rings (SSSR count). The first kappa shape index (κ1) is 9.02. The van der Waals surface area contributed by atoms with E-state index >= 15 is 0 Å². The number of amides is 1. The van der Waals surface area contributed by atoms with E-state index in [4.69, 9.17) is 5.11 Å². The molecule has 0 bridgehead atoms. The lowest BCUT2D eigenvalue weighted by molar-refractivity contribution is -0.120. The Morgan fingerprint density at radius 2 is 2.00 bits per heavy atom. The van der Waals surface area contributed by atoms with Crippen LogP contribution in [0.4, 0.5) is 5.69 Å². The molecule has 1 aliphatic heterocycles. The summed E-state index contributed by atoms with van der Waals surface area (Å²) in [6, 6.07) is 6.56. The van der Waals surface area contributed by atoms with Crippen molar-refractivity contribution < 1.29 is 9.90 Å². The minimum Gasteiger partial charge on any atom is -0.508 e. The number of phenolic OH excluding ortho intramolecular Hbond substituents is 1. The number of benzene rings is 1. The van der Waals surface area contributed by atoms with Gasteiger partial charge in [-0.3, -0.25) is 4.79 Å². The molecule has 1 aliphatic rings. The fraction of sp³-hybridized carbons (Fsp3) is 0.300. The highest BCUT2D eigenvalue weighted by Gasteiger charge is 2.18. The summed E-state index contributed by atoms with van der Waals surface area (Å²) in [6.07, 6.45) is 1.46. The highest BCUT2D eigenvalue weighted by molar-refractivity contribution is 5.93. The molecule has 0 unspecified atom stereocenters. The standard InChI is InChI=1S/C10H12N2O2/c13-9-5-3-8(4-6-9)12-10(14)2-1-7-11-12/h3-6,11,13H,1-2,7H2. The molecule has 0 radical (unpaired) electrons. The van der Waals surface area contributed by atoms with Gasteiger partial charge in [0.25, 0.3) is 0 Å². The maximum atomic E-state index is 11.5. The van der Waals surface area contributed by atoms with Gasteiger partial charge in [0, 0.05) is 13.0 Å². The van der Waals surface area contributed by atoms with Crippen molar-refractivity contribution in [2.45, 2.75) is 12.8 Å². The first-order chi connectivity index (χ1) is 6.77. The number of rotatable bonds is 1. The van der Waals surface area contributed by atoms with Crippen LogP contribution in [0, 0.1) is 0 Å². The summed E-state index contributed by atoms with van der Waals surface area (Å²) in [5, 5.41) is 10.6. The monoisotopic (exact) mass is 192 g/mol. The molecule has 74 valence electrons. The van der Waals surface area contributed by atoms with Crippen molar-refractivity contribution in [2.24, 2.45) is 0 Å². The van der Waals surface area contributed by atoms with Crippen molar-refractivity contribution in [3.05, 3.63) is 24.3 Å². The Balaban J connectivity index is 2.20. The fourth-order valence-corrected chi connectivity index (χ4v) is 1.47. The smallest absolute Gasteiger partial charge is 0.241 e. The van der Waals surface area contributed by atoms with Crippen molar-refractivity contribution in [1.82, 2.24) is 5.43 Å². The Hall–Kier alpha value is -1.55. The van der Waals surface area contributed by atoms with Crippen LogP contribution < -0.4 is 10.4 Å². The van der Waals surface area contributed by atoms with Crippen LogP contribution in [-0.2, 0) is 4.79 Å². The molecule has 4 nitrogen and oxygen atoms in total. The predicted octanol–water partition coefficient (Wildman–Crippen LogP) is 1.02. The third-order valence-electron chi connectivity index (χ3n) is 2.19. The second-order valence-corrected chi connectivity index (χ2v) is 3.26. The van der Waals surface area contributed by atoms with E-state index < -0.39 is 0 Å². The number of nitrogens with one attached hydrogen (secondary N) is 1. The lowest BCUT2D eigenvalue weighted by atomic mass is 10.2. The van der Waals surface area contributed by atoms with E-state index in [0.29, 0.717) is 6.42 Å². The van der Waals surface area contributed by atoms with Crippen molar-refractivity contribution >= 4 is 11.6 Å².